The van der Waals surface area contributed by atoms with Gasteiger partial charge < -0.3 is 14.9 Å². The zero-order chi connectivity index (χ0) is 9.61. The summed E-state index contributed by atoms with van der Waals surface area (Å²) in [6, 6.07) is 0. The highest BCUT2D eigenvalue weighted by Crippen LogP contribution is 2.20. The third-order valence-corrected chi connectivity index (χ3v) is 2.00. The van der Waals surface area contributed by atoms with Crippen LogP contribution in [0.3, 0.4) is 0 Å². The van der Waals surface area contributed by atoms with Crippen molar-refractivity contribution in [3.63, 3.8) is 0 Å². The third kappa shape index (κ3) is 2.46. The van der Waals surface area contributed by atoms with E-state index in [0.717, 1.165) is 0 Å². The van der Waals surface area contributed by atoms with Crippen LogP contribution in [0.2, 0.25) is 0 Å². The van der Waals surface area contributed by atoms with Gasteiger partial charge in [0.2, 0.25) is 0 Å². The minimum Gasteiger partial charge on any atom is -0.479 e. The molecule has 0 saturated heterocycles. The zero-order valence-electron chi connectivity index (χ0n) is 7.54. The number of aliphatic carboxylic acids is 1. The molecule has 0 amide bonds. The number of carboxylic acids is 1. The average Bonchev–Trinajstić information content (AvgIpc) is 2.07. The Morgan fingerprint density at radius 2 is 1.92 bits per heavy atom. The second kappa shape index (κ2) is 5.11. The van der Waals surface area contributed by atoms with E-state index in [-0.39, 0.29) is 13.2 Å². The summed E-state index contributed by atoms with van der Waals surface area (Å²) in [5.41, 5.74) is -1.11. The molecule has 0 aliphatic heterocycles. The van der Waals surface area contributed by atoms with E-state index >= 15 is 0 Å². The lowest BCUT2D eigenvalue weighted by atomic mass is 9.97. The Bertz CT molecular complexity index is 140. The van der Waals surface area contributed by atoms with Gasteiger partial charge in [-0.2, -0.15) is 0 Å². The topological polar surface area (TPSA) is 66.8 Å². The van der Waals surface area contributed by atoms with Crippen LogP contribution in [-0.4, -0.2) is 35.0 Å². The molecule has 4 nitrogen and oxygen atoms in total. The van der Waals surface area contributed by atoms with E-state index in [4.69, 9.17) is 14.9 Å². The van der Waals surface area contributed by atoms with Crippen LogP contribution in [0.25, 0.3) is 0 Å². The molecule has 0 heterocycles. The van der Waals surface area contributed by atoms with E-state index in [9.17, 15) is 4.79 Å². The van der Waals surface area contributed by atoms with Crippen molar-refractivity contribution in [1.82, 2.24) is 0 Å². The second-order valence-electron chi connectivity index (χ2n) is 2.58. The molecule has 0 bridgehead atoms. The summed E-state index contributed by atoms with van der Waals surface area (Å²) in [4.78, 5) is 10.8. The number of aliphatic hydroxyl groups is 1. The highest BCUT2D eigenvalue weighted by atomic mass is 16.5. The lowest BCUT2D eigenvalue weighted by Crippen LogP contribution is -2.41. The van der Waals surface area contributed by atoms with Gasteiger partial charge in [0.05, 0.1) is 13.2 Å². The molecular formula is C8H16O4. The van der Waals surface area contributed by atoms with E-state index in [1.54, 1.807) is 13.8 Å². The van der Waals surface area contributed by atoms with Gasteiger partial charge in [-0.15, -0.1) is 0 Å². The molecule has 12 heavy (non-hydrogen) atoms. The van der Waals surface area contributed by atoms with Crippen LogP contribution in [0, 0.1) is 0 Å². The van der Waals surface area contributed by atoms with Crippen molar-refractivity contribution < 1.29 is 19.7 Å². The molecule has 0 aliphatic carbocycles. The molecule has 0 radical (unpaired) electrons. The molecule has 0 aliphatic rings. The summed E-state index contributed by atoms with van der Waals surface area (Å²) in [7, 11) is 0. The molecular weight excluding hydrogens is 160 g/mol. The Kier molecular flexibility index (Phi) is 4.85. The summed E-state index contributed by atoms with van der Waals surface area (Å²) in [6.45, 7) is 3.45. The third-order valence-electron chi connectivity index (χ3n) is 2.00. The number of carbonyl (C=O) groups is 1. The zero-order valence-corrected chi connectivity index (χ0v) is 7.54. The first-order chi connectivity index (χ1) is 5.63. The molecule has 0 rings (SSSR count). The van der Waals surface area contributed by atoms with E-state index in [1.807, 2.05) is 0 Å². The summed E-state index contributed by atoms with van der Waals surface area (Å²) in [6.07, 6.45) is 0.831. The maximum atomic E-state index is 10.8. The maximum absolute atomic E-state index is 10.8. The van der Waals surface area contributed by atoms with Crippen molar-refractivity contribution in [3.8, 4) is 0 Å². The van der Waals surface area contributed by atoms with Gasteiger partial charge in [0.1, 0.15) is 0 Å². The monoisotopic (exact) mass is 176 g/mol. The van der Waals surface area contributed by atoms with E-state index < -0.39 is 11.6 Å². The Hall–Kier alpha value is -0.610. The molecule has 2 N–H and O–H groups in total. The highest BCUT2D eigenvalue weighted by Gasteiger charge is 2.35. The molecule has 4 heteroatoms. The summed E-state index contributed by atoms with van der Waals surface area (Å²) in [5.74, 6) is -0.957. The summed E-state index contributed by atoms with van der Waals surface area (Å²) in [5, 5.41) is 17.3. The quantitative estimate of drug-likeness (QED) is 0.623. The minimum atomic E-state index is -1.11. The number of hydrogen-bond acceptors (Lipinski definition) is 3. The van der Waals surface area contributed by atoms with E-state index in [0.29, 0.717) is 12.8 Å². The number of rotatable bonds is 6. The number of carboxylic acid groups (broad SMARTS) is 1. The first kappa shape index (κ1) is 11.4. The Morgan fingerprint density at radius 3 is 2.17 bits per heavy atom. The van der Waals surface area contributed by atoms with Crippen molar-refractivity contribution in [3.05, 3.63) is 0 Å². The van der Waals surface area contributed by atoms with Crippen molar-refractivity contribution in [1.29, 1.82) is 0 Å². The SMILES string of the molecule is CCC(CC)(OCCO)C(=O)O. The van der Waals surface area contributed by atoms with Crippen LogP contribution >= 0.6 is 0 Å². The van der Waals surface area contributed by atoms with Crippen LogP contribution in [0.1, 0.15) is 26.7 Å². The predicted octanol–water partition coefficient (Wildman–Crippen LogP) is 0.639. The first-order valence-electron chi connectivity index (χ1n) is 4.11. The molecule has 72 valence electrons. The van der Waals surface area contributed by atoms with Crippen molar-refractivity contribution in [2.24, 2.45) is 0 Å². The fourth-order valence-electron chi connectivity index (χ4n) is 1.06. The largest absolute Gasteiger partial charge is 0.479 e. The van der Waals surface area contributed by atoms with E-state index in [2.05, 4.69) is 0 Å². The van der Waals surface area contributed by atoms with Crippen LogP contribution in [0.15, 0.2) is 0 Å². The predicted molar refractivity (Wildman–Crippen MR) is 44.0 cm³/mol. The Labute approximate surface area is 72.2 Å². The smallest absolute Gasteiger partial charge is 0.335 e. The molecule has 0 atom stereocenters. The molecule has 0 unspecified atom stereocenters. The van der Waals surface area contributed by atoms with Gasteiger partial charge in [0.15, 0.2) is 5.60 Å². The number of ether oxygens (including phenoxy) is 1. The summed E-state index contributed by atoms with van der Waals surface area (Å²) >= 11 is 0. The number of hydrogen-bond donors (Lipinski definition) is 2. The Balaban J connectivity index is 4.25. The Morgan fingerprint density at radius 1 is 1.42 bits per heavy atom. The van der Waals surface area contributed by atoms with Crippen molar-refractivity contribution >= 4 is 5.97 Å². The molecule has 0 aromatic heterocycles. The van der Waals surface area contributed by atoms with Gasteiger partial charge in [0, 0.05) is 0 Å². The van der Waals surface area contributed by atoms with Gasteiger partial charge in [-0.1, -0.05) is 13.8 Å². The van der Waals surface area contributed by atoms with Crippen LogP contribution in [0.5, 0.6) is 0 Å². The summed E-state index contributed by atoms with van der Waals surface area (Å²) < 4.78 is 5.09. The highest BCUT2D eigenvalue weighted by molar-refractivity contribution is 5.77. The molecule has 0 spiro atoms. The fourth-order valence-corrected chi connectivity index (χ4v) is 1.06. The molecule has 0 saturated carbocycles. The minimum absolute atomic E-state index is 0.0774. The van der Waals surface area contributed by atoms with Gasteiger partial charge in [-0.25, -0.2) is 4.79 Å². The first-order valence-corrected chi connectivity index (χ1v) is 4.11. The average molecular weight is 176 g/mol. The van der Waals surface area contributed by atoms with Gasteiger partial charge >= 0.3 is 5.97 Å². The lowest BCUT2D eigenvalue weighted by Gasteiger charge is -2.26. The standard InChI is InChI=1S/C8H16O4/c1-3-8(4-2,7(10)11)12-6-5-9/h9H,3-6H2,1-2H3,(H,10,11). The lowest BCUT2D eigenvalue weighted by molar-refractivity contribution is -0.168. The molecule has 0 aromatic rings. The van der Waals surface area contributed by atoms with Gasteiger partial charge in [0.25, 0.3) is 0 Å². The van der Waals surface area contributed by atoms with Crippen molar-refractivity contribution in [2.45, 2.75) is 32.3 Å². The van der Waals surface area contributed by atoms with Crippen LogP contribution in [-0.2, 0) is 9.53 Å². The van der Waals surface area contributed by atoms with Gasteiger partial charge in [-0.05, 0) is 12.8 Å². The fraction of sp³-hybridized carbons (Fsp3) is 0.875. The van der Waals surface area contributed by atoms with Crippen LogP contribution < -0.4 is 0 Å². The van der Waals surface area contributed by atoms with E-state index in [1.165, 1.54) is 0 Å². The molecule has 0 aromatic carbocycles. The second-order valence-corrected chi connectivity index (χ2v) is 2.58. The maximum Gasteiger partial charge on any atom is 0.335 e. The van der Waals surface area contributed by atoms with Crippen LogP contribution in [0.4, 0.5) is 0 Å². The van der Waals surface area contributed by atoms with Gasteiger partial charge in [-0.3, -0.25) is 0 Å². The normalized spacial score (nSPS) is 11.6. The molecule has 0 fully saturated rings. The number of aliphatic hydroxyl groups excluding tert-OH is 1. The van der Waals surface area contributed by atoms with Crippen molar-refractivity contribution in [2.75, 3.05) is 13.2 Å².